The van der Waals surface area contributed by atoms with Gasteiger partial charge in [0.1, 0.15) is 0 Å². The van der Waals surface area contributed by atoms with Crippen LogP contribution in [-0.2, 0) is 15.6 Å². The van der Waals surface area contributed by atoms with Gasteiger partial charge in [0.25, 0.3) is 0 Å². The SMILES string of the molecule is Cc1ccc([C@](C)(O)CN2CCC[C@H](CNS(C)(=O)=O)C2)cc1. The van der Waals surface area contributed by atoms with Crippen LogP contribution in [0.2, 0.25) is 0 Å². The zero-order valence-corrected chi connectivity index (χ0v) is 15.1. The van der Waals surface area contributed by atoms with Gasteiger partial charge in [0.05, 0.1) is 11.9 Å². The number of hydrogen-bond donors (Lipinski definition) is 2. The average molecular weight is 340 g/mol. The van der Waals surface area contributed by atoms with E-state index in [0.29, 0.717) is 19.0 Å². The summed E-state index contributed by atoms with van der Waals surface area (Å²) >= 11 is 0. The number of benzene rings is 1. The monoisotopic (exact) mass is 340 g/mol. The quantitative estimate of drug-likeness (QED) is 0.823. The Morgan fingerprint density at radius 1 is 1.35 bits per heavy atom. The van der Waals surface area contributed by atoms with Gasteiger partial charge < -0.3 is 5.11 Å². The molecule has 0 saturated carbocycles. The molecule has 0 aliphatic carbocycles. The van der Waals surface area contributed by atoms with Crippen LogP contribution in [0.15, 0.2) is 24.3 Å². The lowest BCUT2D eigenvalue weighted by Crippen LogP contribution is -2.46. The van der Waals surface area contributed by atoms with Gasteiger partial charge in [-0.25, -0.2) is 13.1 Å². The van der Waals surface area contributed by atoms with E-state index in [1.165, 1.54) is 11.8 Å². The zero-order valence-electron chi connectivity index (χ0n) is 14.2. The summed E-state index contributed by atoms with van der Waals surface area (Å²) in [6, 6.07) is 7.97. The first-order valence-electron chi connectivity index (χ1n) is 8.12. The Morgan fingerprint density at radius 3 is 2.61 bits per heavy atom. The molecule has 1 aromatic rings. The molecule has 1 saturated heterocycles. The third-order valence-electron chi connectivity index (χ3n) is 4.44. The van der Waals surface area contributed by atoms with Crippen molar-refractivity contribution in [2.75, 3.05) is 32.4 Å². The van der Waals surface area contributed by atoms with Crippen molar-refractivity contribution in [1.29, 1.82) is 0 Å². The fourth-order valence-corrected chi connectivity index (χ4v) is 3.71. The lowest BCUT2D eigenvalue weighted by Gasteiger charge is -2.37. The first kappa shape index (κ1) is 18.4. The standard InChI is InChI=1S/C17H28N2O3S/c1-14-6-8-16(9-7-14)17(2,20)13-19-10-4-5-15(12-19)11-18-23(3,21)22/h6-9,15,18,20H,4-5,10-13H2,1-3H3/t15-,17-/m1/s1. The van der Waals surface area contributed by atoms with Crippen LogP contribution < -0.4 is 4.72 Å². The van der Waals surface area contributed by atoms with Crippen molar-refractivity contribution in [2.45, 2.75) is 32.3 Å². The molecule has 23 heavy (non-hydrogen) atoms. The van der Waals surface area contributed by atoms with E-state index in [4.69, 9.17) is 0 Å². The molecule has 130 valence electrons. The molecule has 1 aliphatic rings. The highest BCUT2D eigenvalue weighted by molar-refractivity contribution is 7.88. The molecule has 1 fully saturated rings. The second-order valence-corrected chi connectivity index (χ2v) is 8.84. The molecule has 0 radical (unpaired) electrons. The summed E-state index contributed by atoms with van der Waals surface area (Å²) in [5.41, 5.74) is 1.19. The molecule has 2 atom stereocenters. The molecular formula is C17H28N2O3S. The number of hydrogen-bond acceptors (Lipinski definition) is 4. The lowest BCUT2D eigenvalue weighted by atomic mass is 9.92. The molecule has 0 spiro atoms. The highest BCUT2D eigenvalue weighted by atomic mass is 32.2. The minimum atomic E-state index is -3.14. The molecule has 2 N–H and O–H groups in total. The van der Waals surface area contributed by atoms with Crippen molar-refractivity contribution in [3.63, 3.8) is 0 Å². The molecule has 1 aliphatic heterocycles. The van der Waals surface area contributed by atoms with E-state index in [-0.39, 0.29) is 0 Å². The first-order valence-corrected chi connectivity index (χ1v) is 10.0. The van der Waals surface area contributed by atoms with Crippen molar-refractivity contribution in [1.82, 2.24) is 9.62 Å². The molecule has 0 amide bonds. The lowest BCUT2D eigenvalue weighted by molar-refractivity contribution is 0.00358. The summed E-state index contributed by atoms with van der Waals surface area (Å²) in [7, 11) is -3.14. The predicted octanol–water partition coefficient (Wildman–Crippen LogP) is 1.46. The number of likely N-dealkylation sites (tertiary alicyclic amines) is 1. The number of β-amino-alcohol motifs (C(OH)–C–C–N with tert-alkyl or cyclic N) is 1. The molecule has 0 unspecified atom stereocenters. The molecule has 2 rings (SSSR count). The molecular weight excluding hydrogens is 312 g/mol. The molecule has 0 bridgehead atoms. The van der Waals surface area contributed by atoms with Gasteiger partial charge in [-0.15, -0.1) is 0 Å². The van der Waals surface area contributed by atoms with Crippen LogP contribution in [0.25, 0.3) is 0 Å². The highest BCUT2D eigenvalue weighted by Crippen LogP contribution is 2.25. The topological polar surface area (TPSA) is 69.6 Å². The van der Waals surface area contributed by atoms with Crippen molar-refractivity contribution in [2.24, 2.45) is 5.92 Å². The Balaban J connectivity index is 1.94. The van der Waals surface area contributed by atoms with Gasteiger partial charge in [-0.3, -0.25) is 4.90 Å². The molecule has 0 aromatic heterocycles. The Kier molecular flexibility index (Phi) is 5.84. The van der Waals surface area contributed by atoms with Crippen LogP contribution >= 0.6 is 0 Å². The second kappa shape index (κ2) is 7.30. The van der Waals surface area contributed by atoms with Gasteiger partial charge in [-0.05, 0) is 44.7 Å². The maximum absolute atomic E-state index is 11.2. The summed E-state index contributed by atoms with van der Waals surface area (Å²) in [6.07, 6.45) is 3.24. The minimum absolute atomic E-state index is 0.298. The summed E-state index contributed by atoms with van der Waals surface area (Å²) < 4.78 is 25.1. The fraction of sp³-hybridized carbons (Fsp3) is 0.647. The maximum atomic E-state index is 11.2. The average Bonchev–Trinajstić information content (AvgIpc) is 2.45. The van der Waals surface area contributed by atoms with Crippen LogP contribution in [0.4, 0.5) is 0 Å². The maximum Gasteiger partial charge on any atom is 0.208 e. The molecule has 5 nitrogen and oxygen atoms in total. The zero-order chi connectivity index (χ0) is 17.1. The molecule has 1 heterocycles. The summed E-state index contributed by atoms with van der Waals surface area (Å²) in [5.74, 6) is 0.298. The number of aryl methyl sites for hydroxylation is 1. The second-order valence-electron chi connectivity index (χ2n) is 7.00. The van der Waals surface area contributed by atoms with Crippen molar-refractivity contribution < 1.29 is 13.5 Å². The Labute approximate surface area is 139 Å². The van der Waals surface area contributed by atoms with E-state index >= 15 is 0 Å². The van der Waals surface area contributed by atoms with E-state index < -0.39 is 15.6 Å². The number of piperidine rings is 1. The summed E-state index contributed by atoms with van der Waals surface area (Å²) in [6.45, 7) is 6.66. The Hall–Kier alpha value is -0.950. The normalized spacial score (nSPS) is 22.7. The van der Waals surface area contributed by atoms with Gasteiger partial charge in [0.2, 0.25) is 10.0 Å². The van der Waals surface area contributed by atoms with Crippen LogP contribution in [0.1, 0.15) is 30.9 Å². The fourth-order valence-electron chi connectivity index (χ4n) is 3.17. The predicted molar refractivity (Wildman–Crippen MR) is 92.8 cm³/mol. The largest absolute Gasteiger partial charge is 0.384 e. The van der Waals surface area contributed by atoms with Gasteiger partial charge in [0, 0.05) is 19.6 Å². The number of nitrogens with one attached hydrogen (secondary N) is 1. The molecule has 1 aromatic carbocycles. The van der Waals surface area contributed by atoms with E-state index in [2.05, 4.69) is 9.62 Å². The van der Waals surface area contributed by atoms with Crippen LogP contribution in [-0.4, -0.2) is 50.9 Å². The van der Waals surface area contributed by atoms with E-state index in [9.17, 15) is 13.5 Å². The van der Waals surface area contributed by atoms with E-state index in [0.717, 1.165) is 31.5 Å². The third kappa shape index (κ3) is 5.88. The van der Waals surface area contributed by atoms with Crippen molar-refractivity contribution in [3.8, 4) is 0 Å². The van der Waals surface area contributed by atoms with Gasteiger partial charge in [-0.1, -0.05) is 29.8 Å². The smallest absolute Gasteiger partial charge is 0.208 e. The Bertz CT molecular complexity index is 611. The molecule has 6 heteroatoms. The van der Waals surface area contributed by atoms with Crippen LogP contribution in [0.5, 0.6) is 0 Å². The van der Waals surface area contributed by atoms with Crippen LogP contribution in [0, 0.1) is 12.8 Å². The Morgan fingerprint density at radius 2 is 2.00 bits per heavy atom. The van der Waals surface area contributed by atoms with Crippen LogP contribution in [0.3, 0.4) is 0 Å². The third-order valence-corrected chi connectivity index (χ3v) is 5.13. The highest BCUT2D eigenvalue weighted by Gasteiger charge is 2.29. The number of aliphatic hydroxyl groups is 1. The first-order chi connectivity index (χ1) is 10.7. The van der Waals surface area contributed by atoms with Crippen molar-refractivity contribution in [3.05, 3.63) is 35.4 Å². The number of nitrogens with zero attached hydrogens (tertiary/aromatic N) is 1. The van der Waals surface area contributed by atoms with E-state index in [1.54, 1.807) is 0 Å². The number of sulfonamides is 1. The van der Waals surface area contributed by atoms with Crippen molar-refractivity contribution >= 4 is 10.0 Å². The summed E-state index contributed by atoms with van der Waals surface area (Å²) in [4.78, 5) is 2.23. The minimum Gasteiger partial charge on any atom is -0.384 e. The van der Waals surface area contributed by atoms with Gasteiger partial charge in [-0.2, -0.15) is 0 Å². The van der Waals surface area contributed by atoms with Gasteiger partial charge >= 0.3 is 0 Å². The number of rotatable bonds is 6. The summed E-state index contributed by atoms with van der Waals surface area (Å²) in [5, 5.41) is 10.8. The van der Waals surface area contributed by atoms with E-state index in [1.807, 2.05) is 38.1 Å². The van der Waals surface area contributed by atoms with Gasteiger partial charge in [0.15, 0.2) is 0 Å².